The van der Waals surface area contributed by atoms with Gasteiger partial charge in [-0.3, -0.25) is 0 Å². The van der Waals surface area contributed by atoms with Crippen LogP contribution < -0.4 is 5.73 Å². The highest BCUT2D eigenvalue weighted by atomic mass is 19.1. The van der Waals surface area contributed by atoms with Crippen molar-refractivity contribution in [3.63, 3.8) is 0 Å². The monoisotopic (exact) mass is 219 g/mol. The second-order valence-corrected chi connectivity index (χ2v) is 3.73. The van der Waals surface area contributed by atoms with Gasteiger partial charge in [-0.15, -0.1) is 0 Å². The minimum absolute atomic E-state index is 0.318. The number of fused-ring (bicyclic) bond motifs is 1. The van der Waals surface area contributed by atoms with Crippen LogP contribution >= 0.6 is 0 Å². The molecule has 0 spiro atoms. The van der Waals surface area contributed by atoms with Crippen LogP contribution in [-0.4, -0.2) is 6.54 Å². The van der Waals surface area contributed by atoms with Gasteiger partial charge >= 0.3 is 0 Å². The number of hydrogen-bond donors (Lipinski definition) is 1. The standard InChI is InChI=1S/C13H14FNO/c1-9(4-3-7-15)12-8-10-5-2-6-11(14)13(10)16-12/h2,4-6,8H,3,7,15H2,1H3/b9-4-. The van der Waals surface area contributed by atoms with Crippen molar-refractivity contribution < 1.29 is 8.81 Å². The van der Waals surface area contributed by atoms with E-state index in [4.69, 9.17) is 10.2 Å². The molecule has 0 amide bonds. The van der Waals surface area contributed by atoms with Crippen molar-refractivity contribution >= 4 is 16.5 Å². The molecule has 3 heteroatoms. The van der Waals surface area contributed by atoms with E-state index in [1.807, 2.05) is 25.1 Å². The number of halogens is 1. The highest BCUT2D eigenvalue weighted by Gasteiger charge is 2.08. The topological polar surface area (TPSA) is 39.2 Å². The third-order valence-corrected chi connectivity index (χ3v) is 2.50. The van der Waals surface area contributed by atoms with Gasteiger partial charge in [0.15, 0.2) is 11.4 Å². The first-order chi connectivity index (χ1) is 7.72. The van der Waals surface area contributed by atoms with E-state index in [0.29, 0.717) is 17.9 Å². The molecule has 2 aromatic rings. The Morgan fingerprint density at radius 1 is 1.50 bits per heavy atom. The van der Waals surface area contributed by atoms with Gasteiger partial charge in [0.25, 0.3) is 0 Å². The predicted molar refractivity (Wildman–Crippen MR) is 63.5 cm³/mol. The first-order valence-electron chi connectivity index (χ1n) is 5.27. The fourth-order valence-corrected chi connectivity index (χ4v) is 1.62. The van der Waals surface area contributed by atoms with E-state index in [2.05, 4.69) is 0 Å². The maximum Gasteiger partial charge on any atom is 0.170 e. The van der Waals surface area contributed by atoms with Gasteiger partial charge in [-0.2, -0.15) is 0 Å². The van der Waals surface area contributed by atoms with E-state index in [1.54, 1.807) is 6.07 Å². The zero-order chi connectivity index (χ0) is 11.5. The van der Waals surface area contributed by atoms with E-state index in [-0.39, 0.29) is 5.82 Å². The van der Waals surface area contributed by atoms with Crippen molar-refractivity contribution in [1.82, 2.24) is 0 Å². The lowest BCUT2D eigenvalue weighted by atomic mass is 10.2. The summed E-state index contributed by atoms with van der Waals surface area (Å²) in [5.74, 6) is 0.379. The molecule has 2 nitrogen and oxygen atoms in total. The normalized spacial score (nSPS) is 12.3. The molecule has 2 N–H and O–H groups in total. The molecule has 0 aliphatic heterocycles. The summed E-state index contributed by atoms with van der Waals surface area (Å²) in [5, 5.41) is 0.787. The Bertz CT molecular complexity index is 528. The maximum absolute atomic E-state index is 13.4. The number of rotatable bonds is 3. The van der Waals surface area contributed by atoms with Gasteiger partial charge < -0.3 is 10.2 Å². The number of para-hydroxylation sites is 1. The zero-order valence-electron chi connectivity index (χ0n) is 9.16. The second-order valence-electron chi connectivity index (χ2n) is 3.73. The predicted octanol–water partition coefficient (Wildman–Crippen LogP) is 3.32. The Hall–Kier alpha value is -1.61. The van der Waals surface area contributed by atoms with Gasteiger partial charge in [-0.25, -0.2) is 4.39 Å². The molecule has 0 aliphatic rings. The Morgan fingerprint density at radius 3 is 3.00 bits per heavy atom. The van der Waals surface area contributed by atoms with E-state index >= 15 is 0 Å². The molecule has 0 saturated carbocycles. The van der Waals surface area contributed by atoms with Gasteiger partial charge in [-0.1, -0.05) is 18.2 Å². The molecule has 1 aromatic carbocycles. The third kappa shape index (κ3) is 1.99. The quantitative estimate of drug-likeness (QED) is 0.860. The number of furan rings is 1. The largest absolute Gasteiger partial charge is 0.453 e. The Morgan fingerprint density at radius 2 is 2.31 bits per heavy atom. The summed E-state index contributed by atoms with van der Waals surface area (Å²) >= 11 is 0. The van der Waals surface area contributed by atoms with Crippen LogP contribution in [0.25, 0.3) is 16.5 Å². The lowest BCUT2D eigenvalue weighted by molar-refractivity contribution is 0.551. The first-order valence-corrected chi connectivity index (χ1v) is 5.27. The van der Waals surface area contributed by atoms with Crippen LogP contribution in [0.4, 0.5) is 4.39 Å². The molecular formula is C13H14FNO. The summed E-state index contributed by atoms with van der Waals surface area (Å²) in [7, 11) is 0. The minimum Gasteiger partial charge on any atom is -0.453 e. The summed E-state index contributed by atoms with van der Waals surface area (Å²) in [6.45, 7) is 2.54. The molecule has 84 valence electrons. The summed E-state index contributed by atoms with van der Waals surface area (Å²) in [5.41, 5.74) is 6.72. The van der Waals surface area contributed by atoms with Gasteiger partial charge in [0.05, 0.1) is 0 Å². The minimum atomic E-state index is -0.324. The van der Waals surface area contributed by atoms with Crippen LogP contribution in [0.15, 0.2) is 34.8 Å². The molecule has 2 rings (SSSR count). The van der Waals surface area contributed by atoms with E-state index in [0.717, 1.165) is 17.4 Å². The Kier molecular flexibility index (Phi) is 3.06. The zero-order valence-corrected chi connectivity index (χ0v) is 9.16. The second kappa shape index (κ2) is 4.49. The fraction of sp³-hybridized carbons (Fsp3) is 0.231. The summed E-state index contributed by atoms with van der Waals surface area (Å²) < 4.78 is 18.9. The van der Waals surface area contributed by atoms with Gasteiger partial charge in [-0.05, 0) is 37.6 Å². The van der Waals surface area contributed by atoms with E-state index in [1.165, 1.54) is 6.07 Å². The molecular weight excluding hydrogens is 205 g/mol. The van der Waals surface area contributed by atoms with Crippen LogP contribution in [0.1, 0.15) is 19.1 Å². The first kappa shape index (κ1) is 10.9. The van der Waals surface area contributed by atoms with Gasteiger partial charge in [0.1, 0.15) is 5.76 Å². The molecule has 0 radical (unpaired) electrons. The molecule has 0 atom stereocenters. The van der Waals surface area contributed by atoms with Crippen LogP contribution in [0.5, 0.6) is 0 Å². The molecule has 0 fully saturated rings. The van der Waals surface area contributed by atoms with Crippen molar-refractivity contribution in [3.05, 3.63) is 41.9 Å². The van der Waals surface area contributed by atoms with E-state index < -0.39 is 0 Å². The smallest absolute Gasteiger partial charge is 0.170 e. The Labute approximate surface area is 93.5 Å². The van der Waals surface area contributed by atoms with Crippen LogP contribution in [-0.2, 0) is 0 Å². The summed E-state index contributed by atoms with van der Waals surface area (Å²) in [4.78, 5) is 0. The molecule has 1 aromatic heterocycles. The molecule has 1 heterocycles. The van der Waals surface area contributed by atoms with E-state index in [9.17, 15) is 4.39 Å². The Balaban J connectivity index is 2.43. The van der Waals surface area contributed by atoms with Crippen molar-refractivity contribution in [2.75, 3.05) is 6.54 Å². The van der Waals surface area contributed by atoms with Gasteiger partial charge in [0, 0.05) is 5.39 Å². The van der Waals surface area contributed by atoms with Crippen molar-refractivity contribution in [1.29, 1.82) is 0 Å². The number of hydrogen-bond acceptors (Lipinski definition) is 2. The molecule has 0 bridgehead atoms. The molecule has 0 unspecified atom stereocenters. The number of allylic oxidation sites excluding steroid dienone is 1. The fourth-order valence-electron chi connectivity index (χ4n) is 1.62. The van der Waals surface area contributed by atoms with Crippen molar-refractivity contribution in [3.8, 4) is 0 Å². The number of nitrogens with two attached hydrogens (primary N) is 1. The highest BCUT2D eigenvalue weighted by Crippen LogP contribution is 2.26. The maximum atomic E-state index is 13.4. The van der Waals surface area contributed by atoms with Crippen LogP contribution in [0, 0.1) is 5.82 Å². The summed E-state index contributed by atoms with van der Waals surface area (Å²) in [6, 6.07) is 6.76. The van der Waals surface area contributed by atoms with Crippen LogP contribution in [0.3, 0.4) is 0 Å². The van der Waals surface area contributed by atoms with Crippen molar-refractivity contribution in [2.24, 2.45) is 5.73 Å². The third-order valence-electron chi connectivity index (χ3n) is 2.50. The lowest BCUT2D eigenvalue weighted by Gasteiger charge is -1.94. The molecule has 16 heavy (non-hydrogen) atoms. The lowest BCUT2D eigenvalue weighted by Crippen LogP contribution is -1.95. The SMILES string of the molecule is C/C(=C/CCN)c1cc2cccc(F)c2o1. The average Bonchev–Trinajstić information content (AvgIpc) is 2.71. The average molecular weight is 219 g/mol. The highest BCUT2D eigenvalue weighted by molar-refractivity contribution is 5.82. The number of benzene rings is 1. The van der Waals surface area contributed by atoms with Gasteiger partial charge in [0.2, 0.25) is 0 Å². The molecule has 0 aliphatic carbocycles. The summed E-state index contributed by atoms with van der Waals surface area (Å²) in [6.07, 6.45) is 2.79. The van der Waals surface area contributed by atoms with Crippen molar-refractivity contribution in [2.45, 2.75) is 13.3 Å². The molecule has 0 saturated heterocycles. The van der Waals surface area contributed by atoms with Crippen LogP contribution in [0.2, 0.25) is 0 Å².